The van der Waals surface area contributed by atoms with Crippen molar-refractivity contribution in [3.8, 4) is 0 Å². The quantitative estimate of drug-likeness (QED) is 0.812. The molecular formula is C10H11ClN2O2. The maximum atomic E-state index is 10.9. The summed E-state index contributed by atoms with van der Waals surface area (Å²) in [5.74, 6) is -0.986. The summed E-state index contributed by atoms with van der Waals surface area (Å²) in [4.78, 5) is 14.8. The minimum atomic E-state index is -0.986. The summed E-state index contributed by atoms with van der Waals surface area (Å²) in [7, 11) is 0. The maximum absolute atomic E-state index is 10.9. The molecule has 15 heavy (non-hydrogen) atoms. The van der Waals surface area contributed by atoms with E-state index in [-0.39, 0.29) is 0 Å². The molecule has 0 spiro atoms. The van der Waals surface area contributed by atoms with Gasteiger partial charge in [0.05, 0.1) is 5.02 Å². The number of aromatic nitrogens is 1. The first-order valence-corrected chi connectivity index (χ1v) is 5.04. The molecule has 0 aromatic carbocycles. The first-order chi connectivity index (χ1) is 7.08. The second-order valence-corrected chi connectivity index (χ2v) is 4.23. The van der Waals surface area contributed by atoms with Crippen molar-refractivity contribution < 1.29 is 9.90 Å². The van der Waals surface area contributed by atoms with E-state index in [1.54, 1.807) is 12.3 Å². The van der Waals surface area contributed by atoms with Gasteiger partial charge in [-0.05, 0) is 24.5 Å². The largest absolute Gasteiger partial charge is 0.480 e. The van der Waals surface area contributed by atoms with Gasteiger partial charge in [-0.3, -0.25) is 9.78 Å². The van der Waals surface area contributed by atoms with Crippen LogP contribution in [0.25, 0.3) is 0 Å². The van der Waals surface area contributed by atoms with Crippen LogP contribution < -0.4 is 5.73 Å². The molecule has 4 nitrogen and oxygen atoms in total. The Balaban J connectivity index is 2.39. The molecule has 1 fully saturated rings. The van der Waals surface area contributed by atoms with Crippen molar-refractivity contribution in [2.24, 2.45) is 5.73 Å². The number of nitrogens with two attached hydrogens (primary N) is 1. The van der Waals surface area contributed by atoms with Crippen molar-refractivity contribution in [3.05, 3.63) is 29.0 Å². The van der Waals surface area contributed by atoms with Gasteiger partial charge in [0.1, 0.15) is 6.04 Å². The number of pyridine rings is 1. The van der Waals surface area contributed by atoms with Crippen molar-refractivity contribution in [1.82, 2.24) is 4.98 Å². The van der Waals surface area contributed by atoms with Crippen LogP contribution >= 0.6 is 11.6 Å². The van der Waals surface area contributed by atoms with Crippen LogP contribution in [-0.4, -0.2) is 22.1 Å². The van der Waals surface area contributed by atoms with Crippen LogP contribution in [-0.2, 0) is 10.2 Å². The van der Waals surface area contributed by atoms with E-state index in [9.17, 15) is 4.79 Å². The number of halogens is 1. The zero-order valence-electron chi connectivity index (χ0n) is 7.98. The van der Waals surface area contributed by atoms with Crippen molar-refractivity contribution in [3.63, 3.8) is 0 Å². The highest BCUT2D eigenvalue weighted by Crippen LogP contribution is 2.52. The number of carboxylic acids is 1. The lowest BCUT2D eigenvalue weighted by atomic mass is 9.89. The van der Waals surface area contributed by atoms with E-state index in [1.807, 2.05) is 0 Å². The lowest BCUT2D eigenvalue weighted by Crippen LogP contribution is -2.42. The van der Waals surface area contributed by atoms with Gasteiger partial charge in [0.15, 0.2) is 0 Å². The van der Waals surface area contributed by atoms with Crippen LogP contribution in [0.15, 0.2) is 18.5 Å². The fourth-order valence-corrected chi connectivity index (χ4v) is 2.21. The predicted octanol–water partition coefficient (Wildman–Crippen LogP) is 1.18. The normalized spacial score (nSPS) is 19.6. The molecule has 1 saturated carbocycles. The molecular weight excluding hydrogens is 216 g/mol. The average molecular weight is 227 g/mol. The summed E-state index contributed by atoms with van der Waals surface area (Å²) < 4.78 is 0. The maximum Gasteiger partial charge on any atom is 0.321 e. The Morgan fingerprint density at radius 1 is 1.67 bits per heavy atom. The molecule has 1 aliphatic carbocycles. The molecule has 0 aliphatic heterocycles. The standard InChI is InChI=1S/C10H11ClN2O2/c11-7-5-13-4-1-6(7)10(2-3-10)8(12)9(14)15/h1,4-5,8H,2-3,12H2,(H,14,15). The molecule has 0 amide bonds. The fourth-order valence-electron chi connectivity index (χ4n) is 1.90. The van der Waals surface area contributed by atoms with E-state index in [4.69, 9.17) is 22.4 Å². The van der Waals surface area contributed by atoms with Gasteiger partial charge in [0.25, 0.3) is 0 Å². The van der Waals surface area contributed by atoms with Crippen LogP contribution in [0.5, 0.6) is 0 Å². The monoisotopic (exact) mass is 226 g/mol. The Hall–Kier alpha value is -1.13. The highest BCUT2D eigenvalue weighted by molar-refractivity contribution is 6.31. The highest BCUT2D eigenvalue weighted by atomic mass is 35.5. The van der Waals surface area contributed by atoms with Gasteiger partial charge in [-0.15, -0.1) is 0 Å². The van der Waals surface area contributed by atoms with E-state index >= 15 is 0 Å². The van der Waals surface area contributed by atoms with Crippen LogP contribution in [0, 0.1) is 0 Å². The molecule has 0 saturated heterocycles. The van der Waals surface area contributed by atoms with Crippen molar-refractivity contribution >= 4 is 17.6 Å². The molecule has 5 heteroatoms. The summed E-state index contributed by atoms with van der Waals surface area (Å²) in [6.07, 6.45) is 4.66. The second-order valence-electron chi connectivity index (χ2n) is 3.83. The van der Waals surface area contributed by atoms with Gasteiger partial charge in [-0.2, -0.15) is 0 Å². The smallest absolute Gasteiger partial charge is 0.321 e. The Kier molecular flexibility index (Phi) is 2.40. The minimum absolute atomic E-state index is 0.480. The van der Waals surface area contributed by atoms with Gasteiger partial charge in [-0.25, -0.2) is 0 Å². The highest BCUT2D eigenvalue weighted by Gasteiger charge is 2.53. The van der Waals surface area contributed by atoms with Gasteiger partial charge in [0.2, 0.25) is 0 Å². The van der Waals surface area contributed by atoms with Gasteiger partial charge >= 0.3 is 5.97 Å². The van der Waals surface area contributed by atoms with Gasteiger partial charge in [-0.1, -0.05) is 11.6 Å². The van der Waals surface area contributed by atoms with Crippen molar-refractivity contribution in [2.75, 3.05) is 0 Å². The van der Waals surface area contributed by atoms with E-state index in [1.165, 1.54) is 6.20 Å². The number of carboxylic acid groups (broad SMARTS) is 1. The summed E-state index contributed by atoms with van der Waals surface area (Å²) in [6.45, 7) is 0. The molecule has 3 N–H and O–H groups in total. The van der Waals surface area contributed by atoms with E-state index in [0.717, 1.165) is 18.4 Å². The molecule has 80 valence electrons. The number of aliphatic carboxylic acids is 1. The van der Waals surface area contributed by atoms with Gasteiger partial charge in [0, 0.05) is 17.8 Å². The lowest BCUT2D eigenvalue weighted by Gasteiger charge is -2.20. The molecule has 1 unspecified atom stereocenters. The molecule has 2 rings (SSSR count). The molecule has 1 aliphatic rings. The van der Waals surface area contributed by atoms with Crippen molar-refractivity contribution in [1.29, 1.82) is 0 Å². The third-order valence-corrected chi connectivity index (χ3v) is 3.26. The van der Waals surface area contributed by atoms with Crippen LogP contribution in [0.2, 0.25) is 5.02 Å². The van der Waals surface area contributed by atoms with Crippen LogP contribution in [0.3, 0.4) is 0 Å². The third kappa shape index (κ3) is 1.60. The summed E-state index contributed by atoms with van der Waals surface area (Å²) in [5, 5.41) is 9.42. The molecule has 0 bridgehead atoms. The number of hydrogen-bond acceptors (Lipinski definition) is 3. The van der Waals surface area contributed by atoms with E-state index in [2.05, 4.69) is 4.98 Å². The van der Waals surface area contributed by atoms with E-state index in [0.29, 0.717) is 5.02 Å². The number of carbonyl (C=O) groups is 1. The minimum Gasteiger partial charge on any atom is -0.480 e. The fraction of sp³-hybridized carbons (Fsp3) is 0.400. The Morgan fingerprint density at radius 3 is 2.80 bits per heavy atom. The zero-order chi connectivity index (χ0) is 11.1. The Bertz CT molecular complexity index is 404. The summed E-state index contributed by atoms with van der Waals surface area (Å²) >= 11 is 5.99. The van der Waals surface area contributed by atoms with E-state index < -0.39 is 17.4 Å². The number of nitrogens with zero attached hydrogens (tertiary/aromatic N) is 1. The first-order valence-electron chi connectivity index (χ1n) is 4.66. The van der Waals surface area contributed by atoms with Crippen LogP contribution in [0.1, 0.15) is 18.4 Å². The predicted molar refractivity (Wildman–Crippen MR) is 55.8 cm³/mol. The molecule has 1 aromatic rings. The molecule has 1 heterocycles. The molecule has 1 aromatic heterocycles. The summed E-state index contributed by atoms with van der Waals surface area (Å²) in [6, 6.07) is 0.857. The van der Waals surface area contributed by atoms with Crippen LogP contribution in [0.4, 0.5) is 0 Å². The molecule has 1 atom stereocenters. The van der Waals surface area contributed by atoms with Gasteiger partial charge < -0.3 is 10.8 Å². The average Bonchev–Trinajstić information content (AvgIpc) is 2.98. The summed E-state index contributed by atoms with van der Waals surface area (Å²) in [5.41, 5.74) is 6.00. The van der Waals surface area contributed by atoms with Crippen molar-refractivity contribution in [2.45, 2.75) is 24.3 Å². The number of rotatable bonds is 3. The second kappa shape index (κ2) is 3.47. The molecule has 0 radical (unpaired) electrons. The lowest BCUT2D eigenvalue weighted by molar-refractivity contribution is -0.139. The number of hydrogen-bond donors (Lipinski definition) is 2. The first kappa shape index (κ1) is 10.4. The Labute approximate surface area is 92.1 Å². The third-order valence-electron chi connectivity index (χ3n) is 2.96. The Morgan fingerprint density at radius 2 is 2.33 bits per heavy atom. The zero-order valence-corrected chi connectivity index (χ0v) is 8.74. The topological polar surface area (TPSA) is 76.2 Å². The SMILES string of the molecule is NC(C(=O)O)C1(c2ccncc2Cl)CC1.